The minimum atomic E-state index is 0.0990. The summed E-state index contributed by atoms with van der Waals surface area (Å²) >= 11 is 0. The van der Waals surface area contributed by atoms with E-state index in [4.69, 9.17) is 0 Å². The van der Waals surface area contributed by atoms with E-state index in [0.29, 0.717) is 11.8 Å². The first kappa shape index (κ1) is 11.5. The molecule has 0 bridgehead atoms. The predicted octanol–water partition coefficient (Wildman–Crippen LogP) is 2.82. The van der Waals surface area contributed by atoms with Crippen molar-refractivity contribution in [2.45, 2.75) is 58.9 Å². The molecule has 1 atom stereocenters. The van der Waals surface area contributed by atoms with E-state index in [1.165, 1.54) is 0 Å². The molecule has 2 nitrogen and oxygen atoms in total. The maximum atomic E-state index is 11.7. The molecule has 0 saturated carbocycles. The van der Waals surface area contributed by atoms with Gasteiger partial charge in [-0.25, -0.2) is 0 Å². The summed E-state index contributed by atoms with van der Waals surface area (Å²) in [4.78, 5) is 13.8. The summed E-state index contributed by atoms with van der Waals surface area (Å²) in [5.74, 6) is 1.02. The van der Waals surface area contributed by atoms with Gasteiger partial charge in [-0.1, -0.05) is 20.8 Å². The molecule has 1 saturated heterocycles. The van der Waals surface area contributed by atoms with Crippen molar-refractivity contribution in [2.24, 2.45) is 5.92 Å². The van der Waals surface area contributed by atoms with Crippen LogP contribution >= 0.6 is 0 Å². The fraction of sp³-hybridized carbons (Fsp3) is 0.917. The van der Waals surface area contributed by atoms with E-state index < -0.39 is 0 Å². The number of carbonyl (C=O) groups is 1. The van der Waals surface area contributed by atoms with E-state index in [1.807, 2.05) is 0 Å². The molecule has 0 spiro atoms. The zero-order chi connectivity index (χ0) is 10.8. The first-order valence-electron chi connectivity index (χ1n) is 5.80. The van der Waals surface area contributed by atoms with E-state index in [0.717, 1.165) is 32.2 Å². The Morgan fingerprint density at radius 1 is 1.50 bits per heavy atom. The average Bonchev–Trinajstić information content (AvgIpc) is 2.50. The molecule has 1 unspecified atom stereocenters. The van der Waals surface area contributed by atoms with Crippen LogP contribution in [0.15, 0.2) is 0 Å². The molecule has 1 aliphatic rings. The van der Waals surface area contributed by atoms with Gasteiger partial charge in [-0.2, -0.15) is 0 Å². The fourth-order valence-corrected chi connectivity index (χ4v) is 2.54. The molecule has 0 radical (unpaired) electrons. The van der Waals surface area contributed by atoms with Crippen LogP contribution in [-0.4, -0.2) is 22.9 Å². The zero-order valence-corrected chi connectivity index (χ0v) is 9.97. The highest BCUT2D eigenvalue weighted by Crippen LogP contribution is 2.31. The van der Waals surface area contributed by atoms with E-state index in [2.05, 4.69) is 32.6 Å². The molecule has 1 amide bonds. The molecule has 0 aromatic rings. The standard InChI is InChI=1S/C12H23NO/c1-5-12(4,9-10(2)3)13-8-6-7-11(13)14/h10H,5-9H2,1-4H3. The van der Waals surface area contributed by atoms with Crippen molar-refractivity contribution in [2.75, 3.05) is 6.54 Å². The van der Waals surface area contributed by atoms with E-state index >= 15 is 0 Å². The summed E-state index contributed by atoms with van der Waals surface area (Å²) in [5.41, 5.74) is 0.0990. The van der Waals surface area contributed by atoms with Crippen molar-refractivity contribution < 1.29 is 4.79 Å². The van der Waals surface area contributed by atoms with Crippen LogP contribution in [-0.2, 0) is 4.79 Å². The fourth-order valence-electron chi connectivity index (χ4n) is 2.54. The molecule has 2 heteroatoms. The topological polar surface area (TPSA) is 20.3 Å². The Morgan fingerprint density at radius 3 is 2.50 bits per heavy atom. The van der Waals surface area contributed by atoms with Gasteiger partial charge in [0.1, 0.15) is 0 Å². The Bertz CT molecular complexity index is 212. The molecular weight excluding hydrogens is 174 g/mol. The number of amides is 1. The number of hydrogen-bond acceptors (Lipinski definition) is 1. The number of likely N-dealkylation sites (tertiary alicyclic amines) is 1. The number of carbonyl (C=O) groups excluding carboxylic acids is 1. The van der Waals surface area contributed by atoms with Gasteiger partial charge in [-0.3, -0.25) is 4.79 Å². The quantitative estimate of drug-likeness (QED) is 0.678. The second kappa shape index (κ2) is 4.33. The molecule has 0 aliphatic carbocycles. The molecule has 0 aromatic heterocycles. The van der Waals surface area contributed by atoms with Crippen molar-refractivity contribution >= 4 is 5.91 Å². The maximum Gasteiger partial charge on any atom is 0.223 e. The second-order valence-electron chi connectivity index (χ2n) is 5.10. The summed E-state index contributed by atoms with van der Waals surface area (Å²) in [6.45, 7) is 9.85. The van der Waals surface area contributed by atoms with Gasteiger partial charge >= 0.3 is 0 Å². The molecule has 82 valence electrons. The third-order valence-electron chi connectivity index (χ3n) is 3.33. The molecule has 0 aromatic carbocycles. The van der Waals surface area contributed by atoms with E-state index in [9.17, 15) is 4.79 Å². The van der Waals surface area contributed by atoms with Crippen LogP contribution in [0.25, 0.3) is 0 Å². The normalized spacial score (nSPS) is 21.8. The third-order valence-corrected chi connectivity index (χ3v) is 3.33. The first-order chi connectivity index (χ1) is 6.49. The van der Waals surface area contributed by atoms with Crippen LogP contribution in [0, 0.1) is 5.92 Å². The summed E-state index contributed by atoms with van der Waals surface area (Å²) in [7, 11) is 0. The lowest BCUT2D eigenvalue weighted by Gasteiger charge is -2.39. The zero-order valence-electron chi connectivity index (χ0n) is 9.97. The van der Waals surface area contributed by atoms with Gasteiger partial charge in [0.05, 0.1) is 0 Å². The van der Waals surface area contributed by atoms with Crippen LogP contribution < -0.4 is 0 Å². The van der Waals surface area contributed by atoms with Gasteiger partial charge in [-0.15, -0.1) is 0 Å². The Labute approximate surface area is 87.7 Å². The Kier molecular flexibility index (Phi) is 3.57. The van der Waals surface area contributed by atoms with Gasteiger partial charge in [0.15, 0.2) is 0 Å². The molecular formula is C12H23NO. The van der Waals surface area contributed by atoms with Crippen LogP contribution in [0.4, 0.5) is 0 Å². The highest BCUT2D eigenvalue weighted by molar-refractivity contribution is 5.78. The third kappa shape index (κ3) is 2.28. The summed E-state index contributed by atoms with van der Waals surface area (Å²) < 4.78 is 0. The van der Waals surface area contributed by atoms with Crippen LogP contribution in [0.1, 0.15) is 53.4 Å². The van der Waals surface area contributed by atoms with E-state index in [-0.39, 0.29) is 5.54 Å². The monoisotopic (exact) mass is 197 g/mol. The maximum absolute atomic E-state index is 11.7. The molecule has 1 aliphatic heterocycles. The number of nitrogens with zero attached hydrogens (tertiary/aromatic N) is 1. The minimum absolute atomic E-state index is 0.0990. The predicted molar refractivity (Wildman–Crippen MR) is 59.1 cm³/mol. The summed E-state index contributed by atoms with van der Waals surface area (Å²) in [6, 6.07) is 0. The van der Waals surface area contributed by atoms with Gasteiger partial charge in [-0.05, 0) is 32.1 Å². The van der Waals surface area contributed by atoms with Crippen molar-refractivity contribution in [3.05, 3.63) is 0 Å². The summed E-state index contributed by atoms with van der Waals surface area (Å²) in [6.07, 6.45) is 3.99. The highest BCUT2D eigenvalue weighted by Gasteiger charge is 2.36. The van der Waals surface area contributed by atoms with Crippen molar-refractivity contribution in [1.82, 2.24) is 4.90 Å². The molecule has 0 N–H and O–H groups in total. The smallest absolute Gasteiger partial charge is 0.223 e. The number of hydrogen-bond donors (Lipinski definition) is 0. The van der Waals surface area contributed by atoms with E-state index in [1.54, 1.807) is 0 Å². The number of rotatable bonds is 4. The minimum Gasteiger partial charge on any atom is -0.337 e. The molecule has 1 rings (SSSR count). The largest absolute Gasteiger partial charge is 0.337 e. The van der Waals surface area contributed by atoms with Crippen LogP contribution in [0.3, 0.4) is 0 Å². The lowest BCUT2D eigenvalue weighted by Crippen LogP contribution is -2.47. The van der Waals surface area contributed by atoms with Gasteiger partial charge in [0, 0.05) is 18.5 Å². The molecule has 1 fully saturated rings. The molecule has 1 heterocycles. The van der Waals surface area contributed by atoms with Crippen molar-refractivity contribution in [3.63, 3.8) is 0 Å². The lowest BCUT2D eigenvalue weighted by atomic mass is 9.87. The SMILES string of the molecule is CCC(C)(CC(C)C)N1CCCC1=O. The highest BCUT2D eigenvalue weighted by atomic mass is 16.2. The van der Waals surface area contributed by atoms with Gasteiger partial charge < -0.3 is 4.90 Å². The van der Waals surface area contributed by atoms with Crippen molar-refractivity contribution in [1.29, 1.82) is 0 Å². The Hall–Kier alpha value is -0.530. The average molecular weight is 197 g/mol. The molecule has 14 heavy (non-hydrogen) atoms. The van der Waals surface area contributed by atoms with Crippen molar-refractivity contribution in [3.8, 4) is 0 Å². The van der Waals surface area contributed by atoms with Gasteiger partial charge in [0.2, 0.25) is 5.91 Å². The second-order valence-corrected chi connectivity index (χ2v) is 5.10. The summed E-state index contributed by atoms with van der Waals surface area (Å²) in [5, 5.41) is 0. The lowest BCUT2D eigenvalue weighted by molar-refractivity contribution is -0.133. The Balaban J connectivity index is 2.72. The Morgan fingerprint density at radius 2 is 2.14 bits per heavy atom. The van der Waals surface area contributed by atoms with Crippen LogP contribution in [0.2, 0.25) is 0 Å². The van der Waals surface area contributed by atoms with Gasteiger partial charge in [0.25, 0.3) is 0 Å². The first-order valence-corrected chi connectivity index (χ1v) is 5.80. The van der Waals surface area contributed by atoms with Crippen LogP contribution in [0.5, 0.6) is 0 Å².